The van der Waals surface area contributed by atoms with Crippen molar-refractivity contribution in [3.05, 3.63) is 0 Å². The molecule has 0 amide bonds. The zero-order valence-electron chi connectivity index (χ0n) is 9.63. The molecule has 4 unspecified atom stereocenters. The van der Waals surface area contributed by atoms with Crippen LogP contribution in [0, 0.1) is 17.3 Å². The lowest BCUT2D eigenvalue weighted by Crippen LogP contribution is -2.65. The lowest BCUT2D eigenvalue weighted by Gasteiger charge is -2.64. The lowest BCUT2D eigenvalue weighted by molar-refractivity contribution is -0.199. The molecule has 0 aromatic heterocycles. The highest BCUT2D eigenvalue weighted by atomic mass is 35.5. The Morgan fingerprint density at radius 3 is 2.67 bits per heavy atom. The van der Waals surface area contributed by atoms with Gasteiger partial charge in [0.25, 0.3) is 0 Å². The van der Waals surface area contributed by atoms with Crippen LogP contribution >= 0.6 is 11.6 Å². The zero-order chi connectivity index (χ0) is 10.8. The van der Waals surface area contributed by atoms with Crippen molar-refractivity contribution in [3.8, 4) is 0 Å². The first-order valence-corrected chi connectivity index (χ1v) is 6.41. The van der Waals surface area contributed by atoms with E-state index in [4.69, 9.17) is 20.9 Å². The molecule has 15 heavy (non-hydrogen) atoms. The second kappa shape index (κ2) is 2.94. The maximum Gasteiger partial charge on any atom is 0.473 e. The van der Waals surface area contributed by atoms with E-state index in [1.54, 1.807) is 0 Å². The Morgan fingerprint density at radius 1 is 1.33 bits per heavy atom. The first-order valence-electron chi connectivity index (χ1n) is 5.87. The Morgan fingerprint density at radius 2 is 2.07 bits per heavy atom. The fraction of sp³-hybridized carbons (Fsp3) is 1.00. The van der Waals surface area contributed by atoms with Gasteiger partial charge in [-0.2, -0.15) is 0 Å². The van der Waals surface area contributed by atoms with Crippen LogP contribution in [0.25, 0.3) is 0 Å². The van der Waals surface area contributed by atoms with Gasteiger partial charge in [-0.25, -0.2) is 0 Å². The minimum atomic E-state index is -0.184. The summed E-state index contributed by atoms with van der Waals surface area (Å²) < 4.78 is 11.9. The van der Waals surface area contributed by atoms with Crippen LogP contribution in [0.4, 0.5) is 0 Å². The van der Waals surface area contributed by atoms with Gasteiger partial charge in [0.15, 0.2) is 0 Å². The number of hydrogen-bond donors (Lipinski definition) is 0. The fourth-order valence-corrected chi connectivity index (χ4v) is 4.15. The highest BCUT2D eigenvalue weighted by Crippen LogP contribution is 2.65. The van der Waals surface area contributed by atoms with E-state index in [1.807, 2.05) is 0 Å². The largest absolute Gasteiger partial charge is 0.473 e. The molecule has 1 heterocycles. The van der Waals surface area contributed by atoms with E-state index < -0.39 is 0 Å². The molecule has 3 aliphatic carbocycles. The highest BCUT2D eigenvalue weighted by molar-refractivity contribution is 6.57. The Bertz CT molecular complexity index is 296. The van der Waals surface area contributed by atoms with Crippen molar-refractivity contribution in [1.82, 2.24) is 0 Å². The van der Waals surface area contributed by atoms with Crippen molar-refractivity contribution in [3.63, 3.8) is 0 Å². The summed E-state index contributed by atoms with van der Waals surface area (Å²) in [7, 11) is -0.184. The van der Waals surface area contributed by atoms with Gasteiger partial charge in [0, 0.05) is 0 Å². The number of hydrogen-bond acceptors (Lipinski definition) is 2. The van der Waals surface area contributed by atoms with Crippen LogP contribution < -0.4 is 0 Å². The topological polar surface area (TPSA) is 18.5 Å². The van der Waals surface area contributed by atoms with Crippen LogP contribution in [0.1, 0.15) is 33.6 Å². The maximum absolute atomic E-state index is 6.03. The van der Waals surface area contributed by atoms with Gasteiger partial charge in [0.2, 0.25) is 0 Å². The number of rotatable bonds is 1. The molecular formula is C11H18BClO2. The van der Waals surface area contributed by atoms with E-state index in [1.165, 1.54) is 6.42 Å². The smallest absolute Gasteiger partial charge is 0.405 e. The molecule has 0 spiro atoms. The third-order valence-electron chi connectivity index (χ3n) is 5.13. The number of halogens is 1. The summed E-state index contributed by atoms with van der Waals surface area (Å²) in [4.78, 5) is 0. The molecule has 4 aliphatic rings. The predicted molar refractivity (Wildman–Crippen MR) is 60.8 cm³/mol. The van der Waals surface area contributed by atoms with Crippen molar-refractivity contribution in [2.45, 2.75) is 45.3 Å². The molecule has 4 fully saturated rings. The molecule has 2 nitrogen and oxygen atoms in total. The van der Waals surface area contributed by atoms with Crippen LogP contribution in [-0.2, 0) is 9.31 Å². The Labute approximate surface area is 96.8 Å². The molecule has 0 aromatic carbocycles. The van der Waals surface area contributed by atoms with Gasteiger partial charge in [0.1, 0.15) is 0 Å². The average Bonchev–Trinajstić information content (AvgIpc) is 2.53. The van der Waals surface area contributed by atoms with Gasteiger partial charge in [-0.15, -0.1) is 11.6 Å². The minimum Gasteiger partial charge on any atom is -0.405 e. The second-order valence-electron chi connectivity index (χ2n) is 6.05. The zero-order valence-corrected chi connectivity index (χ0v) is 10.4. The molecule has 4 atom stereocenters. The summed E-state index contributed by atoms with van der Waals surface area (Å²) in [5, 5.41) is 0. The summed E-state index contributed by atoms with van der Waals surface area (Å²) in [5.74, 6) is 1.91. The SMILES string of the molecule is CC1(C)C2CC3OB(CCl)OC3(C)C1C2. The van der Waals surface area contributed by atoms with Crippen molar-refractivity contribution < 1.29 is 9.31 Å². The highest BCUT2D eigenvalue weighted by Gasteiger charge is 2.67. The van der Waals surface area contributed by atoms with Crippen molar-refractivity contribution in [2.75, 3.05) is 5.78 Å². The quantitative estimate of drug-likeness (QED) is 0.507. The molecule has 2 bridgehead atoms. The van der Waals surface area contributed by atoms with Gasteiger partial charge < -0.3 is 9.31 Å². The third-order valence-corrected chi connectivity index (χ3v) is 5.38. The predicted octanol–water partition coefficient (Wildman–Crippen LogP) is 2.49. The Hall–Kier alpha value is 0.275. The Kier molecular flexibility index (Phi) is 2.04. The van der Waals surface area contributed by atoms with Gasteiger partial charge >= 0.3 is 7.12 Å². The van der Waals surface area contributed by atoms with Crippen molar-refractivity contribution in [1.29, 1.82) is 0 Å². The first kappa shape index (κ1) is 10.4. The van der Waals surface area contributed by atoms with Gasteiger partial charge in [-0.3, -0.25) is 0 Å². The van der Waals surface area contributed by atoms with Crippen LogP contribution in [0.5, 0.6) is 0 Å². The summed E-state index contributed by atoms with van der Waals surface area (Å²) in [5.41, 5.74) is 0.341. The van der Waals surface area contributed by atoms with Gasteiger partial charge in [0.05, 0.1) is 17.5 Å². The third kappa shape index (κ3) is 1.15. The fourth-order valence-electron chi connectivity index (χ4n) is 4.02. The maximum atomic E-state index is 6.03. The first-order chi connectivity index (χ1) is 6.98. The summed E-state index contributed by atoms with van der Waals surface area (Å²) in [6.45, 7) is 6.95. The molecule has 0 N–H and O–H groups in total. The summed E-state index contributed by atoms with van der Waals surface area (Å²) >= 11 is 5.82. The van der Waals surface area contributed by atoms with Crippen LogP contribution in [-0.4, -0.2) is 24.6 Å². The molecule has 1 saturated heterocycles. The Balaban J connectivity index is 1.89. The second-order valence-corrected chi connectivity index (χ2v) is 6.36. The summed E-state index contributed by atoms with van der Waals surface area (Å²) in [6.07, 6.45) is 2.73. The monoisotopic (exact) mass is 228 g/mol. The van der Waals surface area contributed by atoms with Crippen molar-refractivity contribution >= 4 is 18.7 Å². The van der Waals surface area contributed by atoms with E-state index >= 15 is 0 Å². The van der Waals surface area contributed by atoms with Gasteiger partial charge in [-0.05, 0) is 37.0 Å². The van der Waals surface area contributed by atoms with Crippen molar-refractivity contribution in [2.24, 2.45) is 17.3 Å². The molecule has 0 radical (unpaired) electrons. The van der Waals surface area contributed by atoms with Crippen LogP contribution in [0.3, 0.4) is 0 Å². The molecule has 3 saturated carbocycles. The lowest BCUT2D eigenvalue weighted by atomic mass is 9.43. The van der Waals surface area contributed by atoms with E-state index in [-0.39, 0.29) is 18.8 Å². The normalized spacial score (nSPS) is 51.2. The van der Waals surface area contributed by atoms with Crippen LogP contribution in [0.2, 0.25) is 0 Å². The molecule has 1 aliphatic heterocycles. The van der Waals surface area contributed by atoms with E-state index in [2.05, 4.69) is 20.8 Å². The summed E-state index contributed by atoms with van der Waals surface area (Å²) in [6, 6.07) is 0. The van der Waals surface area contributed by atoms with E-state index in [0.717, 1.165) is 12.3 Å². The molecular weight excluding hydrogens is 210 g/mol. The molecule has 4 rings (SSSR count). The molecule has 0 aromatic rings. The van der Waals surface area contributed by atoms with E-state index in [0.29, 0.717) is 17.1 Å². The minimum absolute atomic E-state index is 0.0855. The van der Waals surface area contributed by atoms with E-state index in [9.17, 15) is 0 Å². The van der Waals surface area contributed by atoms with Gasteiger partial charge in [-0.1, -0.05) is 13.8 Å². The average molecular weight is 229 g/mol. The van der Waals surface area contributed by atoms with Crippen LogP contribution in [0.15, 0.2) is 0 Å². The molecule has 84 valence electrons. The standard InChI is InChI=1S/C11H18BClO2/c1-10(2)7-4-8(10)11(3)9(5-7)14-12(6-13)15-11/h7-9H,4-6H2,1-3H3. The molecule has 4 heteroatoms. The number of alkyl halides is 1.